The first kappa shape index (κ1) is 11.8. The van der Waals surface area contributed by atoms with Crippen LogP contribution in [0.1, 0.15) is 11.4 Å². The maximum Gasteiger partial charge on any atom is 0.231 e. The third-order valence-corrected chi connectivity index (χ3v) is 2.69. The van der Waals surface area contributed by atoms with E-state index in [1.165, 1.54) is 6.39 Å². The molecular formula is C12H13N3O4. The van der Waals surface area contributed by atoms with Crippen LogP contribution in [0.3, 0.4) is 0 Å². The summed E-state index contributed by atoms with van der Waals surface area (Å²) >= 11 is 0. The number of aromatic nitrogens is 2. The summed E-state index contributed by atoms with van der Waals surface area (Å²) < 4.78 is 21.0. The molecule has 1 N–H and O–H groups in total. The van der Waals surface area contributed by atoms with Crippen molar-refractivity contribution in [2.75, 3.05) is 13.8 Å². The summed E-state index contributed by atoms with van der Waals surface area (Å²) in [5, 5.41) is 6.78. The van der Waals surface area contributed by atoms with Gasteiger partial charge in [0.25, 0.3) is 0 Å². The van der Waals surface area contributed by atoms with Gasteiger partial charge >= 0.3 is 0 Å². The van der Waals surface area contributed by atoms with Gasteiger partial charge in [-0.15, -0.1) is 0 Å². The van der Waals surface area contributed by atoms with Crippen molar-refractivity contribution in [1.29, 1.82) is 0 Å². The van der Waals surface area contributed by atoms with Crippen LogP contribution in [-0.4, -0.2) is 24.0 Å². The second kappa shape index (κ2) is 5.15. The van der Waals surface area contributed by atoms with E-state index in [4.69, 9.17) is 14.2 Å². The molecule has 1 aromatic carbocycles. The fourth-order valence-electron chi connectivity index (χ4n) is 1.83. The molecule has 2 aromatic rings. The lowest BCUT2D eigenvalue weighted by atomic mass is 10.1. The Morgan fingerprint density at radius 3 is 2.89 bits per heavy atom. The van der Waals surface area contributed by atoms with Gasteiger partial charge in [0.2, 0.25) is 19.0 Å². The van der Waals surface area contributed by atoms with Crippen LogP contribution in [0.4, 0.5) is 0 Å². The number of rotatable bonds is 5. The summed E-state index contributed by atoms with van der Waals surface area (Å²) in [6, 6.07) is 3.72. The largest absolute Gasteiger partial charge is 0.485 e. The Labute approximate surface area is 109 Å². The average Bonchev–Trinajstić information content (AvgIpc) is 3.07. The maximum atomic E-state index is 5.70. The minimum absolute atomic E-state index is 0.239. The lowest BCUT2D eigenvalue weighted by Crippen LogP contribution is -2.08. The number of benzene rings is 1. The average molecular weight is 263 g/mol. The van der Waals surface area contributed by atoms with Crippen LogP contribution < -0.4 is 19.5 Å². The van der Waals surface area contributed by atoms with Crippen LogP contribution in [0.2, 0.25) is 0 Å². The fourth-order valence-corrected chi connectivity index (χ4v) is 1.83. The lowest BCUT2D eigenvalue weighted by Gasteiger charge is -2.11. The summed E-state index contributed by atoms with van der Waals surface area (Å²) in [4.78, 5) is 3.91. The van der Waals surface area contributed by atoms with Crippen LogP contribution in [-0.2, 0) is 13.2 Å². The van der Waals surface area contributed by atoms with Gasteiger partial charge in [0.1, 0.15) is 5.75 Å². The topological polar surface area (TPSA) is 78.6 Å². The molecule has 2 heterocycles. The first-order chi connectivity index (χ1) is 9.36. The van der Waals surface area contributed by atoms with Crippen molar-refractivity contribution in [2.24, 2.45) is 0 Å². The Balaban J connectivity index is 1.82. The highest BCUT2D eigenvalue weighted by Crippen LogP contribution is 2.38. The first-order valence-corrected chi connectivity index (χ1v) is 5.82. The highest BCUT2D eigenvalue weighted by molar-refractivity contribution is 5.51. The lowest BCUT2D eigenvalue weighted by molar-refractivity contribution is 0.173. The Kier molecular flexibility index (Phi) is 3.20. The van der Waals surface area contributed by atoms with E-state index in [0.29, 0.717) is 23.9 Å². The van der Waals surface area contributed by atoms with Gasteiger partial charge in [-0.2, -0.15) is 4.98 Å². The van der Waals surface area contributed by atoms with Crippen molar-refractivity contribution in [3.05, 3.63) is 29.9 Å². The summed E-state index contributed by atoms with van der Waals surface area (Å²) in [5.74, 6) is 2.62. The number of nitrogens with zero attached hydrogens (tertiary/aromatic N) is 2. The highest BCUT2D eigenvalue weighted by Gasteiger charge is 2.18. The predicted octanol–water partition coefficient (Wildman–Crippen LogP) is 1.10. The molecule has 1 aromatic heterocycles. The molecule has 0 saturated heterocycles. The maximum absolute atomic E-state index is 5.70. The molecule has 0 atom stereocenters. The number of fused-ring (bicyclic) bond motifs is 1. The Hall–Kier alpha value is -2.28. The quantitative estimate of drug-likeness (QED) is 0.865. The molecule has 0 unspecified atom stereocenters. The van der Waals surface area contributed by atoms with Crippen LogP contribution in [0, 0.1) is 0 Å². The molecule has 0 spiro atoms. The molecule has 7 nitrogen and oxygen atoms in total. The summed E-state index contributed by atoms with van der Waals surface area (Å²) in [7, 11) is 1.87. The van der Waals surface area contributed by atoms with Gasteiger partial charge in [-0.3, -0.25) is 0 Å². The van der Waals surface area contributed by atoms with Gasteiger partial charge < -0.3 is 24.1 Å². The van der Waals surface area contributed by atoms with Crippen molar-refractivity contribution in [3.8, 4) is 17.2 Å². The number of hydrogen-bond donors (Lipinski definition) is 1. The van der Waals surface area contributed by atoms with Gasteiger partial charge in [0, 0.05) is 18.2 Å². The predicted molar refractivity (Wildman–Crippen MR) is 64.0 cm³/mol. The molecule has 0 fully saturated rings. The van der Waals surface area contributed by atoms with E-state index in [2.05, 4.69) is 20.0 Å². The fraction of sp³-hybridized carbons (Fsp3) is 0.333. The molecule has 1 aliphatic rings. The highest BCUT2D eigenvalue weighted by atomic mass is 16.7. The van der Waals surface area contributed by atoms with Crippen molar-refractivity contribution >= 4 is 0 Å². The van der Waals surface area contributed by atoms with E-state index < -0.39 is 0 Å². The number of hydrogen-bond acceptors (Lipinski definition) is 7. The van der Waals surface area contributed by atoms with Crippen molar-refractivity contribution in [3.63, 3.8) is 0 Å². The zero-order chi connectivity index (χ0) is 13.1. The number of nitrogens with one attached hydrogen (secondary N) is 1. The third-order valence-electron chi connectivity index (χ3n) is 2.69. The SMILES string of the molecule is CNCc1cc2c(cc1OCc1ncon1)OCO2. The molecule has 0 amide bonds. The molecule has 3 rings (SSSR count). The van der Waals surface area contributed by atoms with Crippen LogP contribution >= 0.6 is 0 Å². The van der Waals surface area contributed by atoms with Gasteiger partial charge in [-0.25, -0.2) is 0 Å². The monoisotopic (exact) mass is 263 g/mol. The number of ether oxygens (including phenoxy) is 3. The van der Waals surface area contributed by atoms with E-state index in [0.717, 1.165) is 11.3 Å². The third kappa shape index (κ3) is 2.45. The molecular weight excluding hydrogens is 250 g/mol. The van der Waals surface area contributed by atoms with Gasteiger partial charge in [-0.1, -0.05) is 5.16 Å². The smallest absolute Gasteiger partial charge is 0.231 e. The van der Waals surface area contributed by atoms with Gasteiger partial charge in [-0.05, 0) is 13.1 Å². The van der Waals surface area contributed by atoms with E-state index in [1.807, 2.05) is 19.2 Å². The second-order valence-corrected chi connectivity index (χ2v) is 3.98. The Bertz CT molecular complexity index is 556. The van der Waals surface area contributed by atoms with Crippen LogP contribution in [0.25, 0.3) is 0 Å². The Morgan fingerprint density at radius 2 is 2.16 bits per heavy atom. The van der Waals surface area contributed by atoms with Crippen molar-refractivity contribution in [1.82, 2.24) is 15.5 Å². The van der Waals surface area contributed by atoms with Crippen molar-refractivity contribution < 1.29 is 18.7 Å². The summed E-state index contributed by atoms with van der Waals surface area (Å²) in [6.45, 7) is 1.15. The standard InChI is InChI=1S/C12H13N3O4/c1-13-4-8-2-10-11(18-7-17-10)3-9(8)16-5-12-14-6-19-15-12/h2-3,6,13H,4-5,7H2,1H3. The molecule has 1 aliphatic heterocycles. The van der Waals surface area contributed by atoms with E-state index in [1.54, 1.807) is 0 Å². The normalized spacial score (nSPS) is 12.7. The van der Waals surface area contributed by atoms with E-state index >= 15 is 0 Å². The minimum Gasteiger partial charge on any atom is -0.485 e. The van der Waals surface area contributed by atoms with E-state index in [9.17, 15) is 0 Å². The second-order valence-electron chi connectivity index (χ2n) is 3.98. The molecule has 7 heteroatoms. The van der Waals surface area contributed by atoms with Crippen LogP contribution in [0.15, 0.2) is 23.0 Å². The summed E-state index contributed by atoms with van der Waals surface area (Å²) in [6.07, 6.45) is 1.27. The Morgan fingerprint density at radius 1 is 1.32 bits per heavy atom. The molecule has 0 radical (unpaired) electrons. The minimum atomic E-state index is 0.239. The zero-order valence-corrected chi connectivity index (χ0v) is 10.4. The van der Waals surface area contributed by atoms with Crippen molar-refractivity contribution in [2.45, 2.75) is 13.2 Å². The zero-order valence-electron chi connectivity index (χ0n) is 10.4. The molecule has 100 valence electrons. The van der Waals surface area contributed by atoms with Gasteiger partial charge in [0.05, 0.1) is 0 Å². The van der Waals surface area contributed by atoms with Gasteiger partial charge in [0.15, 0.2) is 18.1 Å². The molecule has 0 bridgehead atoms. The van der Waals surface area contributed by atoms with E-state index in [-0.39, 0.29) is 13.4 Å². The molecule has 0 saturated carbocycles. The van der Waals surface area contributed by atoms with Crippen LogP contribution in [0.5, 0.6) is 17.2 Å². The summed E-state index contributed by atoms with van der Waals surface area (Å²) in [5.41, 5.74) is 0.982. The first-order valence-electron chi connectivity index (χ1n) is 5.82. The molecule has 0 aliphatic carbocycles. The molecule has 19 heavy (non-hydrogen) atoms.